The molecule has 39 heavy (non-hydrogen) atoms. The van der Waals surface area contributed by atoms with Crippen LogP contribution >= 0.6 is 7.60 Å². The summed E-state index contributed by atoms with van der Waals surface area (Å²) in [5.41, 5.74) is 2.07. The molecule has 3 aromatic rings. The first-order valence-corrected chi connectivity index (χ1v) is 14.5. The van der Waals surface area contributed by atoms with Gasteiger partial charge < -0.3 is 32.7 Å². The molecule has 0 aliphatic carbocycles. The van der Waals surface area contributed by atoms with Crippen LogP contribution in [0.4, 0.5) is 0 Å². The van der Waals surface area contributed by atoms with Crippen LogP contribution in [-0.4, -0.2) is 58.2 Å². The minimum atomic E-state index is -3.74. The molecule has 1 fully saturated rings. The van der Waals surface area contributed by atoms with Gasteiger partial charge in [-0.05, 0) is 16.7 Å². The third-order valence-corrected chi connectivity index (χ3v) is 8.97. The van der Waals surface area contributed by atoms with Crippen molar-refractivity contribution >= 4 is 7.60 Å². The summed E-state index contributed by atoms with van der Waals surface area (Å²) in [7, 11) is 0.454. The molecule has 0 aromatic heterocycles. The third kappa shape index (κ3) is 7.84. The van der Waals surface area contributed by atoms with Gasteiger partial charge in [-0.3, -0.25) is 4.57 Å². The van der Waals surface area contributed by atoms with E-state index in [1.807, 2.05) is 91.0 Å². The summed E-state index contributed by atoms with van der Waals surface area (Å²) >= 11 is 0. The van der Waals surface area contributed by atoms with Crippen LogP contribution in [0.2, 0.25) is 0 Å². The Labute approximate surface area is 230 Å². The van der Waals surface area contributed by atoms with Crippen LogP contribution in [0.15, 0.2) is 91.0 Å². The van der Waals surface area contributed by atoms with Crippen molar-refractivity contribution in [3.63, 3.8) is 0 Å². The minimum absolute atomic E-state index is 0.205. The molecule has 0 N–H and O–H groups in total. The second kappa shape index (κ2) is 14.8. The lowest BCUT2D eigenvalue weighted by atomic mass is 10.00. The molecule has 0 radical (unpaired) electrons. The van der Waals surface area contributed by atoms with Gasteiger partial charge in [0.15, 0.2) is 6.29 Å². The van der Waals surface area contributed by atoms with E-state index in [0.29, 0.717) is 13.2 Å². The number of benzene rings is 3. The summed E-state index contributed by atoms with van der Waals surface area (Å²) in [4.78, 5) is 0. The van der Waals surface area contributed by atoms with Gasteiger partial charge in [0.1, 0.15) is 24.0 Å². The fourth-order valence-electron chi connectivity index (χ4n) is 4.66. The van der Waals surface area contributed by atoms with Gasteiger partial charge >= 0.3 is 7.60 Å². The van der Waals surface area contributed by atoms with E-state index < -0.39 is 37.9 Å². The number of ether oxygens (including phenoxy) is 5. The minimum Gasteiger partial charge on any atom is -0.374 e. The van der Waals surface area contributed by atoms with Crippen LogP contribution < -0.4 is 0 Å². The smallest absolute Gasteiger partial charge is 0.341 e. The molecule has 3 aromatic carbocycles. The zero-order valence-corrected chi connectivity index (χ0v) is 23.5. The van der Waals surface area contributed by atoms with Gasteiger partial charge in [0.2, 0.25) is 0 Å². The number of hydrogen-bond donors (Lipinski definition) is 0. The summed E-state index contributed by atoms with van der Waals surface area (Å²) < 4.78 is 55.8. The fraction of sp³-hybridized carbons (Fsp3) is 0.400. The Balaban J connectivity index is 1.63. The number of methoxy groups -OCH3 is 1. The largest absolute Gasteiger partial charge is 0.374 e. The van der Waals surface area contributed by atoms with Crippen LogP contribution in [0.1, 0.15) is 16.7 Å². The van der Waals surface area contributed by atoms with Crippen molar-refractivity contribution in [2.24, 2.45) is 0 Å². The predicted octanol–water partition coefficient (Wildman–Crippen LogP) is 5.60. The molecule has 8 nitrogen and oxygen atoms in total. The zero-order chi connectivity index (χ0) is 27.5. The molecule has 1 heterocycles. The van der Waals surface area contributed by atoms with Crippen LogP contribution in [0.25, 0.3) is 0 Å². The van der Waals surface area contributed by atoms with E-state index in [9.17, 15) is 4.57 Å². The third-order valence-electron chi connectivity index (χ3n) is 6.69. The van der Waals surface area contributed by atoms with Crippen molar-refractivity contribution in [2.45, 2.75) is 50.1 Å². The van der Waals surface area contributed by atoms with E-state index in [-0.39, 0.29) is 13.2 Å². The Bertz CT molecular complexity index is 1140. The molecular formula is C30H37O8P. The Morgan fingerprint density at radius 1 is 0.667 bits per heavy atom. The molecule has 9 heteroatoms. The molecule has 0 amide bonds. The van der Waals surface area contributed by atoms with Crippen LogP contribution in [-0.2, 0) is 57.1 Å². The van der Waals surface area contributed by atoms with Gasteiger partial charge in [-0.25, -0.2) is 0 Å². The van der Waals surface area contributed by atoms with Gasteiger partial charge in [-0.15, -0.1) is 0 Å². The second-order valence-corrected chi connectivity index (χ2v) is 11.6. The van der Waals surface area contributed by atoms with Gasteiger partial charge in [-0.1, -0.05) is 91.0 Å². The normalized spacial score (nSPS) is 23.5. The van der Waals surface area contributed by atoms with Crippen molar-refractivity contribution in [3.8, 4) is 0 Å². The Hall–Kier alpha value is -2.39. The van der Waals surface area contributed by atoms with Gasteiger partial charge in [0.25, 0.3) is 0 Å². The monoisotopic (exact) mass is 556 g/mol. The van der Waals surface area contributed by atoms with Crippen LogP contribution in [0.3, 0.4) is 0 Å². The summed E-state index contributed by atoms with van der Waals surface area (Å²) in [6.45, 7) is 1.16. The summed E-state index contributed by atoms with van der Waals surface area (Å²) in [5.74, 6) is 0. The maximum absolute atomic E-state index is 13.9. The Morgan fingerprint density at radius 3 is 1.59 bits per heavy atom. The molecule has 4 rings (SSSR count). The lowest BCUT2D eigenvalue weighted by Gasteiger charge is -2.46. The molecule has 5 atom stereocenters. The van der Waals surface area contributed by atoms with Gasteiger partial charge in [0, 0.05) is 21.3 Å². The van der Waals surface area contributed by atoms with Crippen molar-refractivity contribution in [1.29, 1.82) is 0 Å². The number of rotatable bonds is 14. The van der Waals surface area contributed by atoms with Crippen LogP contribution in [0, 0.1) is 0 Å². The van der Waals surface area contributed by atoms with E-state index in [4.69, 9.17) is 32.7 Å². The number of hydrogen-bond acceptors (Lipinski definition) is 8. The average molecular weight is 557 g/mol. The molecule has 1 aliphatic rings. The Morgan fingerprint density at radius 2 is 1.13 bits per heavy atom. The molecule has 0 spiro atoms. The van der Waals surface area contributed by atoms with E-state index in [0.717, 1.165) is 16.7 Å². The quantitative estimate of drug-likeness (QED) is 0.238. The first kappa shape index (κ1) is 29.6. The molecular weight excluding hydrogens is 519 g/mol. The Kier molecular flexibility index (Phi) is 11.3. The predicted molar refractivity (Wildman–Crippen MR) is 147 cm³/mol. The van der Waals surface area contributed by atoms with Crippen molar-refractivity contribution in [2.75, 3.05) is 27.9 Å². The van der Waals surface area contributed by atoms with E-state index in [2.05, 4.69) is 0 Å². The highest BCUT2D eigenvalue weighted by Gasteiger charge is 2.56. The van der Waals surface area contributed by atoms with E-state index in [1.54, 1.807) is 0 Å². The van der Waals surface area contributed by atoms with Gasteiger partial charge in [0.05, 0.1) is 26.4 Å². The molecule has 0 saturated carbocycles. The summed E-state index contributed by atoms with van der Waals surface area (Å²) in [6.07, 6.45) is -2.96. The molecule has 1 saturated heterocycles. The second-order valence-electron chi connectivity index (χ2n) is 9.20. The lowest BCUT2D eigenvalue weighted by molar-refractivity contribution is -0.271. The highest BCUT2D eigenvalue weighted by atomic mass is 31.2. The van der Waals surface area contributed by atoms with Gasteiger partial charge in [-0.2, -0.15) is 0 Å². The highest BCUT2D eigenvalue weighted by Crippen LogP contribution is 2.57. The standard InChI is InChI=1S/C30H37O8P/c1-32-30-29(39(31,33-2)34-3)28(37-21-25-17-11-6-12-18-25)27(36-20-24-15-9-5-10-16-24)26(38-30)22-35-19-23-13-7-4-8-14-23/h4-18,26-30H,19-22H2,1-3H3/t26?,27-,28?,29?,30+/m1/s1. The van der Waals surface area contributed by atoms with Crippen molar-refractivity contribution in [1.82, 2.24) is 0 Å². The van der Waals surface area contributed by atoms with E-state index in [1.165, 1.54) is 21.3 Å². The van der Waals surface area contributed by atoms with Crippen molar-refractivity contribution in [3.05, 3.63) is 108 Å². The highest BCUT2D eigenvalue weighted by molar-refractivity contribution is 7.54. The van der Waals surface area contributed by atoms with E-state index >= 15 is 0 Å². The zero-order valence-electron chi connectivity index (χ0n) is 22.6. The molecule has 0 bridgehead atoms. The SMILES string of the molecule is CO[C@H]1OC(COCc2ccccc2)[C@@H](OCc2ccccc2)C(OCc2ccccc2)C1P(=O)(OC)OC. The first-order chi connectivity index (χ1) is 19.1. The molecule has 3 unspecified atom stereocenters. The molecule has 210 valence electrons. The summed E-state index contributed by atoms with van der Waals surface area (Å²) in [6, 6.07) is 29.5. The average Bonchev–Trinajstić information content (AvgIpc) is 3.00. The maximum atomic E-state index is 13.9. The van der Waals surface area contributed by atoms with Crippen LogP contribution in [0.5, 0.6) is 0 Å². The molecule has 1 aliphatic heterocycles. The topological polar surface area (TPSA) is 81.7 Å². The van der Waals surface area contributed by atoms with Crippen molar-refractivity contribution < 1.29 is 37.3 Å². The lowest BCUT2D eigenvalue weighted by Crippen LogP contribution is -2.60. The fourth-order valence-corrected chi connectivity index (χ4v) is 6.40. The summed E-state index contributed by atoms with van der Waals surface area (Å²) in [5, 5.41) is 0. The maximum Gasteiger partial charge on any atom is 0.341 e. The first-order valence-electron chi connectivity index (χ1n) is 12.9.